The van der Waals surface area contributed by atoms with E-state index in [1.54, 1.807) is 18.2 Å². The van der Waals surface area contributed by atoms with Crippen LogP contribution in [0.15, 0.2) is 70.0 Å². The van der Waals surface area contributed by atoms with Crippen molar-refractivity contribution < 1.29 is 24.3 Å². The zero-order valence-electron chi connectivity index (χ0n) is 15.2. The highest BCUT2D eigenvalue weighted by Gasteiger charge is 2.23. The van der Waals surface area contributed by atoms with E-state index in [0.717, 1.165) is 6.08 Å². The van der Waals surface area contributed by atoms with Crippen molar-refractivity contribution in [2.45, 2.75) is 0 Å². The van der Waals surface area contributed by atoms with E-state index in [0.29, 0.717) is 28.3 Å². The molecule has 2 aromatic rings. The molecule has 0 atom stereocenters. The Balaban J connectivity index is 2.22. The Bertz CT molecular complexity index is 1380. The number of hydrogen-bond acceptors (Lipinski definition) is 6. The molecule has 0 aromatic heterocycles. The largest absolute Gasteiger partial charge is 0.507 e. The van der Waals surface area contributed by atoms with Crippen molar-refractivity contribution in [1.82, 2.24) is 0 Å². The highest BCUT2D eigenvalue weighted by Crippen LogP contribution is 2.43. The van der Waals surface area contributed by atoms with Crippen molar-refractivity contribution in [3.05, 3.63) is 92.3 Å². The molecule has 0 radical (unpaired) electrons. The van der Waals surface area contributed by atoms with Gasteiger partial charge in [-0.15, -0.1) is 0 Å². The number of phenolic OH excluding ortho intramolecular Hbond substituents is 1. The van der Waals surface area contributed by atoms with Gasteiger partial charge in [-0.3, -0.25) is 14.9 Å². The highest BCUT2D eigenvalue weighted by atomic mass is 16.6. The van der Waals surface area contributed by atoms with Gasteiger partial charge >= 0.3 is 5.97 Å². The van der Waals surface area contributed by atoms with E-state index in [1.807, 2.05) is 0 Å². The molecule has 1 heterocycles. The van der Waals surface area contributed by atoms with Crippen LogP contribution in [0.2, 0.25) is 0 Å². The zero-order chi connectivity index (χ0) is 21.4. The molecule has 2 aliphatic rings. The number of fused-ring (bicyclic) bond motifs is 2. The van der Waals surface area contributed by atoms with Gasteiger partial charge in [0.15, 0.2) is 5.43 Å². The number of nitro groups is 1. The summed E-state index contributed by atoms with van der Waals surface area (Å²) >= 11 is 0. The summed E-state index contributed by atoms with van der Waals surface area (Å²) < 4.78 is 5.85. The predicted octanol–water partition coefficient (Wildman–Crippen LogP) is 4.22. The van der Waals surface area contributed by atoms with Crippen LogP contribution in [0, 0.1) is 10.1 Å². The van der Waals surface area contributed by atoms with Gasteiger partial charge in [0, 0.05) is 28.7 Å². The molecule has 4 rings (SSSR count). The van der Waals surface area contributed by atoms with E-state index in [9.17, 15) is 29.9 Å². The molecule has 1 aliphatic carbocycles. The molecule has 148 valence electrons. The summed E-state index contributed by atoms with van der Waals surface area (Å²) in [6.45, 7) is 0. The third kappa shape index (κ3) is 3.16. The van der Waals surface area contributed by atoms with E-state index < -0.39 is 10.9 Å². The minimum Gasteiger partial charge on any atom is -0.507 e. The van der Waals surface area contributed by atoms with Crippen LogP contribution in [-0.4, -0.2) is 21.1 Å². The highest BCUT2D eigenvalue weighted by molar-refractivity contribution is 6.09. The smallest absolute Gasteiger partial charge is 0.336 e. The number of carboxylic acids is 1. The van der Waals surface area contributed by atoms with E-state index in [2.05, 4.69) is 0 Å². The van der Waals surface area contributed by atoms with Gasteiger partial charge in [-0.05, 0) is 35.9 Å². The summed E-state index contributed by atoms with van der Waals surface area (Å²) in [5, 5.41) is 31.1. The van der Waals surface area contributed by atoms with Crippen molar-refractivity contribution >= 4 is 23.0 Å². The molecule has 0 unspecified atom stereocenters. The molecule has 2 N–H and O–H groups in total. The van der Waals surface area contributed by atoms with Crippen molar-refractivity contribution in [2.75, 3.05) is 0 Å². The van der Waals surface area contributed by atoms with Crippen molar-refractivity contribution in [2.24, 2.45) is 0 Å². The molecule has 8 nitrogen and oxygen atoms in total. The number of carboxylic acid groups (broad SMARTS) is 1. The van der Waals surface area contributed by atoms with Crippen LogP contribution in [-0.2, 0) is 0 Å². The molecule has 0 saturated carbocycles. The fourth-order valence-corrected chi connectivity index (χ4v) is 3.42. The third-order valence-corrected chi connectivity index (χ3v) is 4.67. The van der Waals surface area contributed by atoms with Crippen LogP contribution in [0.3, 0.4) is 0 Å². The summed E-state index contributed by atoms with van der Waals surface area (Å²) in [6, 6.07) is 13.4. The molecule has 0 saturated heterocycles. The second-order valence-electron chi connectivity index (χ2n) is 6.46. The molecule has 0 fully saturated rings. The van der Waals surface area contributed by atoms with Crippen LogP contribution in [0.5, 0.6) is 5.75 Å². The lowest BCUT2D eigenvalue weighted by Crippen LogP contribution is -2.03. The van der Waals surface area contributed by atoms with Crippen LogP contribution in [0.1, 0.15) is 15.9 Å². The van der Waals surface area contributed by atoms with Gasteiger partial charge in [0.25, 0.3) is 0 Å². The maximum absolute atomic E-state index is 11.9. The SMILES string of the molecule is O=C(O)c1ccccc1-c1c2ccc(=O)cc-2oc2c(/C=C/[N+](=O)[O-])c(O)ccc12. The number of nitrogens with zero attached hydrogens (tertiary/aromatic N) is 1. The lowest BCUT2D eigenvalue weighted by Gasteiger charge is -2.17. The first-order valence-electron chi connectivity index (χ1n) is 8.74. The molecule has 8 heteroatoms. The fraction of sp³-hybridized carbons (Fsp3) is 0. The summed E-state index contributed by atoms with van der Waals surface area (Å²) in [5.41, 5.74) is 1.17. The topological polar surface area (TPSA) is 131 Å². The number of aromatic carboxylic acids is 1. The number of benzene rings is 3. The molecule has 2 aromatic carbocycles. The van der Waals surface area contributed by atoms with Gasteiger partial charge < -0.3 is 14.6 Å². The predicted molar refractivity (Wildman–Crippen MR) is 109 cm³/mol. The molecular weight excluding hydrogens is 390 g/mol. The van der Waals surface area contributed by atoms with Gasteiger partial charge in [-0.25, -0.2) is 4.79 Å². The molecule has 30 heavy (non-hydrogen) atoms. The maximum Gasteiger partial charge on any atom is 0.336 e. The fourth-order valence-electron chi connectivity index (χ4n) is 3.42. The van der Waals surface area contributed by atoms with Gasteiger partial charge in [-0.2, -0.15) is 0 Å². The Labute approximate surface area is 168 Å². The first-order chi connectivity index (χ1) is 14.4. The Morgan fingerprint density at radius 2 is 1.83 bits per heavy atom. The number of carbonyl (C=O) groups is 1. The molecular formula is C22H13NO7. The summed E-state index contributed by atoms with van der Waals surface area (Å²) in [4.78, 5) is 33.8. The molecule has 0 amide bonds. The normalized spacial score (nSPS) is 11.3. The number of aromatic hydroxyl groups is 1. The summed E-state index contributed by atoms with van der Waals surface area (Å²) in [7, 11) is 0. The summed E-state index contributed by atoms with van der Waals surface area (Å²) in [5.74, 6) is -1.24. The Kier molecular flexibility index (Phi) is 4.51. The van der Waals surface area contributed by atoms with E-state index >= 15 is 0 Å². The molecule has 1 aliphatic heterocycles. The maximum atomic E-state index is 11.9. The van der Waals surface area contributed by atoms with E-state index in [1.165, 1.54) is 36.4 Å². The van der Waals surface area contributed by atoms with E-state index in [-0.39, 0.29) is 33.6 Å². The second-order valence-corrected chi connectivity index (χ2v) is 6.46. The average Bonchev–Trinajstić information content (AvgIpc) is 2.71. The lowest BCUT2D eigenvalue weighted by molar-refractivity contribution is -0.400. The van der Waals surface area contributed by atoms with Crippen LogP contribution < -0.4 is 5.43 Å². The first-order valence-corrected chi connectivity index (χ1v) is 8.74. The monoisotopic (exact) mass is 403 g/mol. The molecule has 0 bridgehead atoms. The minimum absolute atomic E-state index is 0.0351. The third-order valence-electron chi connectivity index (χ3n) is 4.67. The lowest BCUT2D eigenvalue weighted by atomic mass is 9.90. The Hall–Kier alpha value is -4.46. The number of rotatable bonds is 4. The number of hydrogen-bond donors (Lipinski definition) is 2. The van der Waals surface area contributed by atoms with Crippen LogP contribution in [0.25, 0.3) is 39.5 Å². The van der Waals surface area contributed by atoms with Crippen molar-refractivity contribution in [3.8, 4) is 28.2 Å². The quantitative estimate of drug-likeness (QED) is 0.296. The van der Waals surface area contributed by atoms with Crippen molar-refractivity contribution in [3.63, 3.8) is 0 Å². The van der Waals surface area contributed by atoms with Crippen LogP contribution >= 0.6 is 0 Å². The van der Waals surface area contributed by atoms with Gasteiger partial charge in [0.2, 0.25) is 6.20 Å². The van der Waals surface area contributed by atoms with Crippen molar-refractivity contribution in [1.29, 1.82) is 0 Å². The summed E-state index contributed by atoms with van der Waals surface area (Å²) in [6.07, 6.45) is 1.74. The van der Waals surface area contributed by atoms with Gasteiger partial charge in [0.1, 0.15) is 17.1 Å². The average molecular weight is 403 g/mol. The van der Waals surface area contributed by atoms with Gasteiger partial charge in [0.05, 0.1) is 16.1 Å². The Morgan fingerprint density at radius 1 is 1.07 bits per heavy atom. The minimum atomic E-state index is -1.14. The zero-order valence-corrected chi connectivity index (χ0v) is 15.2. The van der Waals surface area contributed by atoms with Crippen LogP contribution in [0.4, 0.5) is 0 Å². The number of phenols is 1. The molecule has 0 spiro atoms. The second kappa shape index (κ2) is 7.17. The standard InChI is InChI=1S/C22H13NO7/c24-12-5-6-16-19(11-12)30-21-15(9-10-23(28)29)18(25)8-7-17(21)20(16)13-3-1-2-4-14(13)22(26)27/h1-11,25H,(H,26,27)/b10-9+. The first kappa shape index (κ1) is 18.9. The Morgan fingerprint density at radius 3 is 2.57 bits per heavy atom. The van der Waals surface area contributed by atoms with Gasteiger partial charge in [-0.1, -0.05) is 18.2 Å². The van der Waals surface area contributed by atoms with E-state index in [4.69, 9.17) is 4.42 Å².